The van der Waals surface area contributed by atoms with Crippen LogP contribution < -0.4 is 15.4 Å². The van der Waals surface area contributed by atoms with Crippen LogP contribution in [0, 0.1) is 5.92 Å². The fraction of sp³-hybridized carbons (Fsp3) is 0.625. The number of carbonyl (C=O) groups is 1. The smallest absolute Gasteiger partial charge is 0.318 e. The number of nitrogens with zero attached hydrogens (tertiary/aromatic N) is 3. The zero-order chi connectivity index (χ0) is 23.1. The number of nitrogens with one attached hydrogen (secondary N) is 2. The van der Waals surface area contributed by atoms with Gasteiger partial charge in [0.05, 0.1) is 19.3 Å². The zero-order valence-electron chi connectivity index (χ0n) is 20.2. The van der Waals surface area contributed by atoms with Crippen molar-refractivity contribution < 1.29 is 9.53 Å². The molecule has 7 heteroatoms. The van der Waals surface area contributed by atoms with Crippen molar-refractivity contribution in [2.24, 2.45) is 5.92 Å². The highest BCUT2D eigenvalue weighted by Gasteiger charge is 2.16. The number of ether oxygens (including phenoxy) is 1. The Morgan fingerprint density at radius 3 is 2.61 bits per heavy atom. The Kier molecular flexibility index (Phi) is 13.2. The topological polar surface area (TPSA) is 79.4 Å². The van der Waals surface area contributed by atoms with Gasteiger partial charge in [-0.3, -0.25) is 9.69 Å². The number of amides is 1. The molecule has 31 heavy (non-hydrogen) atoms. The van der Waals surface area contributed by atoms with Crippen LogP contribution in [0.4, 0.5) is 11.5 Å². The lowest BCUT2D eigenvalue weighted by atomic mass is 10.1. The molecule has 0 bridgehead atoms. The van der Waals surface area contributed by atoms with Crippen LogP contribution in [0.3, 0.4) is 0 Å². The molecule has 7 nitrogen and oxygen atoms in total. The Balaban J connectivity index is 0.000000288. The van der Waals surface area contributed by atoms with Crippen LogP contribution in [-0.4, -0.2) is 53.6 Å². The molecule has 2 aliphatic heterocycles. The van der Waals surface area contributed by atoms with Crippen molar-refractivity contribution in [1.82, 2.24) is 14.9 Å². The lowest BCUT2D eigenvalue weighted by Gasteiger charge is -2.17. The summed E-state index contributed by atoms with van der Waals surface area (Å²) in [5, 5.41) is 5.55. The number of allylic oxidation sites excluding steroid dienone is 2. The van der Waals surface area contributed by atoms with Crippen molar-refractivity contribution in [1.29, 1.82) is 0 Å². The Morgan fingerprint density at radius 1 is 1.29 bits per heavy atom. The number of hydrogen-bond donors (Lipinski definition) is 2. The molecule has 1 aromatic rings. The number of aromatic nitrogens is 2. The Labute approximate surface area is 188 Å². The molecule has 3 heterocycles. The monoisotopic (exact) mass is 431 g/mol. The Hall–Kier alpha value is -2.41. The summed E-state index contributed by atoms with van der Waals surface area (Å²) in [5.41, 5.74) is 2.07. The van der Waals surface area contributed by atoms with E-state index in [1.807, 2.05) is 20.8 Å². The fourth-order valence-corrected chi connectivity index (χ4v) is 3.22. The SMILES string of the molecule is C/C=C\C(=C/C(C)C)CN1CCCC1.CC.CCCOc1ncc2c(n1)NCC(=O)N2. The van der Waals surface area contributed by atoms with Crippen molar-refractivity contribution >= 4 is 17.4 Å². The van der Waals surface area contributed by atoms with Gasteiger partial charge in [0.15, 0.2) is 5.82 Å². The minimum Gasteiger partial charge on any atom is -0.463 e. The summed E-state index contributed by atoms with van der Waals surface area (Å²) in [5.74, 6) is 1.17. The second-order valence-electron chi connectivity index (χ2n) is 7.63. The lowest BCUT2D eigenvalue weighted by molar-refractivity contribution is -0.114. The summed E-state index contributed by atoms with van der Waals surface area (Å²) >= 11 is 0. The number of anilines is 2. The van der Waals surface area contributed by atoms with E-state index in [1.165, 1.54) is 37.7 Å². The van der Waals surface area contributed by atoms with Crippen LogP contribution in [0.25, 0.3) is 0 Å². The van der Waals surface area contributed by atoms with E-state index in [9.17, 15) is 4.79 Å². The maximum atomic E-state index is 11.0. The van der Waals surface area contributed by atoms with Gasteiger partial charge in [-0.1, -0.05) is 52.8 Å². The standard InChI is InChI=1S/C13H23N.C9H12N4O2.C2H6/c1-4-7-13(10-12(2)3)11-14-8-5-6-9-14;1-2-3-15-9-11-4-6-8(13-9)10-5-7(14)12-6;1-2/h4,7,10,12H,5-6,8-9,11H2,1-3H3;4H,2-3,5H2,1H3,(H,12,14)(H,10,11,13);1-2H3/b7-4-,13-10+;;. The van der Waals surface area contributed by atoms with Crippen LogP contribution in [0.1, 0.15) is 60.8 Å². The Bertz CT molecular complexity index is 710. The highest BCUT2D eigenvalue weighted by molar-refractivity contribution is 5.99. The van der Waals surface area contributed by atoms with Gasteiger partial charge in [0.1, 0.15) is 5.69 Å². The van der Waals surface area contributed by atoms with Crippen LogP contribution in [-0.2, 0) is 4.79 Å². The molecule has 0 aliphatic carbocycles. The first-order chi connectivity index (χ1) is 15.0. The molecule has 1 saturated heterocycles. The number of carbonyl (C=O) groups excluding carboxylic acids is 1. The van der Waals surface area contributed by atoms with Gasteiger partial charge in [0, 0.05) is 6.54 Å². The van der Waals surface area contributed by atoms with Gasteiger partial charge in [-0.25, -0.2) is 4.98 Å². The van der Waals surface area contributed by atoms with Crippen molar-refractivity contribution in [3.05, 3.63) is 30.0 Å². The van der Waals surface area contributed by atoms with Gasteiger partial charge in [0.25, 0.3) is 0 Å². The molecule has 0 saturated carbocycles. The maximum absolute atomic E-state index is 11.0. The normalized spacial score (nSPS) is 16.0. The summed E-state index contributed by atoms with van der Waals surface area (Å²) < 4.78 is 5.27. The molecule has 0 aromatic carbocycles. The average molecular weight is 432 g/mol. The van der Waals surface area contributed by atoms with E-state index in [0.717, 1.165) is 13.0 Å². The molecule has 0 radical (unpaired) electrons. The first-order valence-corrected chi connectivity index (χ1v) is 11.6. The molecule has 0 atom stereocenters. The van der Waals surface area contributed by atoms with E-state index in [-0.39, 0.29) is 12.5 Å². The van der Waals surface area contributed by atoms with E-state index < -0.39 is 0 Å². The predicted molar refractivity (Wildman–Crippen MR) is 130 cm³/mol. The number of likely N-dealkylation sites (tertiary alicyclic amines) is 1. The second-order valence-corrected chi connectivity index (χ2v) is 7.63. The van der Waals surface area contributed by atoms with E-state index in [1.54, 1.807) is 0 Å². The first kappa shape index (κ1) is 26.6. The van der Waals surface area contributed by atoms with Crippen LogP contribution in [0.15, 0.2) is 30.0 Å². The quantitative estimate of drug-likeness (QED) is 0.598. The largest absolute Gasteiger partial charge is 0.463 e. The molecule has 1 aromatic heterocycles. The third-order valence-corrected chi connectivity index (χ3v) is 4.43. The third-order valence-electron chi connectivity index (χ3n) is 4.43. The van der Waals surface area contributed by atoms with E-state index >= 15 is 0 Å². The van der Waals surface area contributed by atoms with Crippen LogP contribution >= 0.6 is 0 Å². The van der Waals surface area contributed by atoms with Gasteiger partial charge in [-0.15, -0.1) is 0 Å². The molecular formula is C24H41N5O2. The summed E-state index contributed by atoms with van der Waals surface area (Å²) in [4.78, 5) is 21.7. The van der Waals surface area contributed by atoms with E-state index in [4.69, 9.17) is 4.74 Å². The van der Waals surface area contributed by atoms with Gasteiger partial charge in [0.2, 0.25) is 5.91 Å². The molecule has 1 amide bonds. The van der Waals surface area contributed by atoms with E-state index in [2.05, 4.69) is 64.5 Å². The minimum absolute atomic E-state index is 0.0895. The molecule has 0 spiro atoms. The highest BCUT2D eigenvalue weighted by atomic mass is 16.5. The van der Waals surface area contributed by atoms with Crippen molar-refractivity contribution in [2.75, 3.05) is 43.4 Å². The minimum atomic E-state index is -0.0895. The van der Waals surface area contributed by atoms with Gasteiger partial charge in [-0.2, -0.15) is 4.98 Å². The van der Waals surface area contributed by atoms with Crippen molar-refractivity contribution in [2.45, 2.75) is 60.8 Å². The van der Waals surface area contributed by atoms with Crippen LogP contribution in [0.2, 0.25) is 0 Å². The summed E-state index contributed by atoms with van der Waals surface area (Å²) in [6.07, 6.45) is 12.0. The molecule has 174 valence electrons. The lowest BCUT2D eigenvalue weighted by Crippen LogP contribution is -2.28. The van der Waals surface area contributed by atoms with Crippen molar-refractivity contribution in [3.8, 4) is 6.01 Å². The molecule has 2 aliphatic rings. The third kappa shape index (κ3) is 10.4. The number of rotatable bonds is 7. The van der Waals surface area contributed by atoms with Gasteiger partial charge in [-0.05, 0) is 50.8 Å². The maximum Gasteiger partial charge on any atom is 0.318 e. The number of hydrogen-bond acceptors (Lipinski definition) is 6. The molecule has 1 fully saturated rings. The summed E-state index contributed by atoms with van der Waals surface area (Å²) in [7, 11) is 0. The fourth-order valence-electron chi connectivity index (χ4n) is 3.22. The average Bonchev–Trinajstić information content (AvgIpc) is 3.27. The second kappa shape index (κ2) is 15.4. The molecule has 0 unspecified atom stereocenters. The first-order valence-electron chi connectivity index (χ1n) is 11.6. The van der Waals surface area contributed by atoms with Gasteiger partial charge >= 0.3 is 6.01 Å². The molecule has 3 rings (SSSR count). The predicted octanol–water partition coefficient (Wildman–Crippen LogP) is 4.90. The zero-order valence-corrected chi connectivity index (χ0v) is 20.2. The number of fused-ring (bicyclic) bond motifs is 1. The summed E-state index contributed by atoms with van der Waals surface area (Å²) in [6, 6.07) is 0.333. The summed E-state index contributed by atoms with van der Waals surface area (Å²) in [6.45, 7) is 17.1. The van der Waals surface area contributed by atoms with Gasteiger partial charge < -0.3 is 15.4 Å². The Morgan fingerprint density at radius 2 is 2.00 bits per heavy atom. The van der Waals surface area contributed by atoms with E-state index in [0.29, 0.717) is 30.0 Å². The molecular weight excluding hydrogens is 390 g/mol. The molecule has 2 N–H and O–H groups in total. The van der Waals surface area contributed by atoms with Crippen LogP contribution in [0.5, 0.6) is 6.01 Å². The van der Waals surface area contributed by atoms with Crippen molar-refractivity contribution in [3.63, 3.8) is 0 Å². The highest BCUT2D eigenvalue weighted by Crippen LogP contribution is 2.22.